The monoisotopic (exact) mass is 316 g/mol. The van der Waals surface area contributed by atoms with Crippen LogP contribution < -0.4 is 5.32 Å². The lowest BCUT2D eigenvalue weighted by molar-refractivity contribution is -0.122. The number of likely N-dealkylation sites (N-methyl/N-ethyl adjacent to an activating group) is 1. The molecule has 0 unspecified atom stereocenters. The van der Waals surface area contributed by atoms with Crippen molar-refractivity contribution >= 4 is 21.8 Å². The lowest BCUT2D eigenvalue weighted by atomic mass is 10.2. The molecule has 18 heavy (non-hydrogen) atoms. The summed E-state index contributed by atoms with van der Waals surface area (Å²) in [6.07, 6.45) is 0.922. The van der Waals surface area contributed by atoms with Crippen LogP contribution in [0.1, 0.15) is 18.9 Å². The third-order valence-electron chi connectivity index (χ3n) is 2.46. The summed E-state index contributed by atoms with van der Waals surface area (Å²) in [6.45, 7) is 3.53. The van der Waals surface area contributed by atoms with Crippen LogP contribution in [0.3, 0.4) is 0 Å². The van der Waals surface area contributed by atoms with Crippen LogP contribution in [0.5, 0.6) is 0 Å². The van der Waals surface area contributed by atoms with Gasteiger partial charge in [-0.3, -0.25) is 9.69 Å². The Balaban J connectivity index is 2.51. The highest BCUT2D eigenvalue weighted by molar-refractivity contribution is 9.10. The normalized spacial score (nSPS) is 10.7. The van der Waals surface area contributed by atoms with Crippen molar-refractivity contribution < 1.29 is 9.18 Å². The van der Waals surface area contributed by atoms with E-state index in [9.17, 15) is 9.18 Å². The molecule has 0 aliphatic heterocycles. The van der Waals surface area contributed by atoms with Gasteiger partial charge < -0.3 is 5.32 Å². The van der Waals surface area contributed by atoms with Gasteiger partial charge in [0, 0.05) is 13.1 Å². The first-order chi connectivity index (χ1) is 8.54. The molecule has 0 aliphatic carbocycles. The molecular weight excluding hydrogens is 299 g/mol. The maximum Gasteiger partial charge on any atom is 0.234 e. The molecule has 0 saturated carbocycles. The molecular formula is C13H18BrFN2O. The average Bonchev–Trinajstić information content (AvgIpc) is 2.32. The summed E-state index contributed by atoms with van der Waals surface area (Å²) < 4.78 is 13.8. The highest BCUT2D eigenvalue weighted by Crippen LogP contribution is 2.21. The van der Waals surface area contributed by atoms with Crippen LogP contribution in [-0.4, -0.2) is 30.9 Å². The predicted octanol–water partition coefficient (Wildman–Crippen LogP) is 2.55. The zero-order valence-electron chi connectivity index (χ0n) is 10.7. The Morgan fingerprint density at radius 2 is 2.22 bits per heavy atom. The number of nitrogens with zero attached hydrogens (tertiary/aromatic N) is 1. The van der Waals surface area contributed by atoms with E-state index in [1.807, 2.05) is 24.9 Å². The summed E-state index contributed by atoms with van der Waals surface area (Å²) in [6, 6.07) is 4.91. The molecule has 0 fully saturated rings. The fourth-order valence-electron chi connectivity index (χ4n) is 1.58. The summed E-state index contributed by atoms with van der Waals surface area (Å²) in [5, 5.41) is 2.81. The van der Waals surface area contributed by atoms with Gasteiger partial charge in [0.1, 0.15) is 5.82 Å². The second-order valence-corrected chi connectivity index (χ2v) is 5.03. The van der Waals surface area contributed by atoms with Crippen molar-refractivity contribution in [3.05, 3.63) is 34.1 Å². The zero-order chi connectivity index (χ0) is 13.5. The van der Waals surface area contributed by atoms with E-state index in [0.717, 1.165) is 12.0 Å². The molecule has 0 bridgehead atoms. The number of carbonyl (C=O) groups is 1. The number of hydrogen-bond acceptors (Lipinski definition) is 2. The smallest absolute Gasteiger partial charge is 0.234 e. The quantitative estimate of drug-likeness (QED) is 0.874. The first-order valence-corrected chi connectivity index (χ1v) is 6.72. The standard InChI is InChI=1S/C13H18BrFN2O/c1-3-7-16-12(18)9-17(2)8-10-5-4-6-11(15)13(10)14/h4-6H,3,7-9H2,1-2H3,(H,16,18). The molecule has 0 aromatic heterocycles. The second-order valence-electron chi connectivity index (χ2n) is 4.24. The summed E-state index contributed by atoms with van der Waals surface area (Å²) in [5.74, 6) is -0.289. The first kappa shape index (κ1) is 15.1. The second kappa shape index (κ2) is 7.48. The van der Waals surface area contributed by atoms with Crippen molar-refractivity contribution in [1.29, 1.82) is 0 Å². The van der Waals surface area contributed by atoms with Gasteiger partial charge in [-0.25, -0.2) is 4.39 Å². The fourth-order valence-corrected chi connectivity index (χ4v) is 1.97. The summed E-state index contributed by atoms with van der Waals surface area (Å²) in [4.78, 5) is 13.4. The van der Waals surface area contributed by atoms with Gasteiger partial charge >= 0.3 is 0 Å². The van der Waals surface area contributed by atoms with Crippen molar-refractivity contribution in [3.63, 3.8) is 0 Å². The molecule has 0 saturated heterocycles. The number of hydrogen-bond donors (Lipinski definition) is 1. The molecule has 3 nitrogen and oxygen atoms in total. The Labute approximate surface area is 115 Å². The maximum atomic E-state index is 13.3. The highest BCUT2D eigenvalue weighted by atomic mass is 79.9. The predicted molar refractivity (Wildman–Crippen MR) is 73.7 cm³/mol. The van der Waals surface area contributed by atoms with Gasteiger partial charge in [0.15, 0.2) is 0 Å². The number of carbonyl (C=O) groups excluding carboxylic acids is 1. The molecule has 0 spiro atoms. The Hall–Kier alpha value is -0.940. The van der Waals surface area contributed by atoms with Gasteiger partial charge in [0.25, 0.3) is 0 Å². The van der Waals surface area contributed by atoms with Crippen LogP contribution in [-0.2, 0) is 11.3 Å². The molecule has 1 amide bonds. The van der Waals surface area contributed by atoms with Crippen LogP contribution >= 0.6 is 15.9 Å². The Morgan fingerprint density at radius 3 is 2.89 bits per heavy atom. The van der Waals surface area contributed by atoms with Crippen LogP contribution in [0.15, 0.2) is 22.7 Å². The third-order valence-corrected chi connectivity index (χ3v) is 3.35. The van der Waals surface area contributed by atoms with Gasteiger partial charge in [-0.05, 0) is 41.0 Å². The molecule has 1 aromatic rings. The third kappa shape index (κ3) is 4.74. The van der Waals surface area contributed by atoms with E-state index in [2.05, 4.69) is 21.2 Å². The van der Waals surface area contributed by atoms with Crippen LogP contribution in [0.2, 0.25) is 0 Å². The first-order valence-electron chi connectivity index (χ1n) is 5.92. The molecule has 1 rings (SSSR count). The Morgan fingerprint density at radius 1 is 1.50 bits per heavy atom. The minimum atomic E-state index is -0.281. The maximum absolute atomic E-state index is 13.3. The van der Waals surface area contributed by atoms with Crippen LogP contribution in [0, 0.1) is 5.82 Å². The van der Waals surface area contributed by atoms with E-state index in [0.29, 0.717) is 24.1 Å². The van der Waals surface area contributed by atoms with E-state index in [1.54, 1.807) is 6.07 Å². The van der Waals surface area contributed by atoms with E-state index in [4.69, 9.17) is 0 Å². The van der Waals surface area contributed by atoms with Crippen LogP contribution in [0.25, 0.3) is 0 Å². The van der Waals surface area contributed by atoms with Crippen molar-refractivity contribution in [3.8, 4) is 0 Å². The highest BCUT2D eigenvalue weighted by Gasteiger charge is 2.10. The average molecular weight is 317 g/mol. The fraction of sp³-hybridized carbons (Fsp3) is 0.462. The minimum Gasteiger partial charge on any atom is -0.355 e. The topological polar surface area (TPSA) is 32.3 Å². The van der Waals surface area contributed by atoms with E-state index >= 15 is 0 Å². The number of amides is 1. The van der Waals surface area contributed by atoms with Crippen molar-refractivity contribution in [2.45, 2.75) is 19.9 Å². The van der Waals surface area contributed by atoms with Crippen molar-refractivity contribution in [1.82, 2.24) is 10.2 Å². The Bertz CT molecular complexity index is 412. The lowest BCUT2D eigenvalue weighted by Gasteiger charge is -2.17. The molecule has 1 N–H and O–H groups in total. The number of benzene rings is 1. The largest absolute Gasteiger partial charge is 0.355 e. The molecule has 1 aromatic carbocycles. The summed E-state index contributed by atoms with van der Waals surface area (Å²) in [5.41, 5.74) is 0.834. The molecule has 100 valence electrons. The van der Waals surface area contributed by atoms with Crippen molar-refractivity contribution in [2.24, 2.45) is 0 Å². The Kier molecular flexibility index (Phi) is 6.29. The minimum absolute atomic E-state index is 0.00752. The lowest BCUT2D eigenvalue weighted by Crippen LogP contribution is -2.35. The van der Waals surface area contributed by atoms with Crippen molar-refractivity contribution in [2.75, 3.05) is 20.1 Å². The van der Waals surface area contributed by atoms with E-state index < -0.39 is 0 Å². The van der Waals surface area contributed by atoms with Crippen LogP contribution in [0.4, 0.5) is 4.39 Å². The molecule has 0 atom stereocenters. The molecule has 0 aliphatic rings. The van der Waals surface area contributed by atoms with Gasteiger partial charge in [0.05, 0.1) is 11.0 Å². The SMILES string of the molecule is CCCNC(=O)CN(C)Cc1cccc(F)c1Br. The molecule has 5 heteroatoms. The van der Waals surface area contributed by atoms with Gasteiger partial charge in [-0.1, -0.05) is 19.1 Å². The number of halogens is 2. The van der Waals surface area contributed by atoms with E-state index in [-0.39, 0.29) is 11.7 Å². The molecule has 0 heterocycles. The van der Waals surface area contributed by atoms with E-state index in [1.165, 1.54) is 6.07 Å². The number of nitrogens with one attached hydrogen (secondary N) is 1. The summed E-state index contributed by atoms with van der Waals surface area (Å²) in [7, 11) is 1.84. The zero-order valence-corrected chi connectivity index (χ0v) is 12.3. The van der Waals surface area contributed by atoms with Gasteiger partial charge in [0.2, 0.25) is 5.91 Å². The number of rotatable bonds is 6. The van der Waals surface area contributed by atoms with Gasteiger partial charge in [-0.2, -0.15) is 0 Å². The van der Waals surface area contributed by atoms with Gasteiger partial charge in [-0.15, -0.1) is 0 Å². The molecule has 0 radical (unpaired) electrons. The summed E-state index contributed by atoms with van der Waals surface area (Å²) >= 11 is 3.21.